The van der Waals surface area contributed by atoms with E-state index in [9.17, 15) is 4.79 Å². The Hall–Kier alpha value is -2.20. The topological polar surface area (TPSA) is 45.2 Å². The van der Waals surface area contributed by atoms with Crippen LogP contribution in [0.3, 0.4) is 0 Å². The van der Waals surface area contributed by atoms with Gasteiger partial charge in [0.25, 0.3) is 0 Å². The number of amides is 1. The molecule has 1 N–H and O–H groups in total. The van der Waals surface area contributed by atoms with Gasteiger partial charge in [-0.1, -0.05) is 24.3 Å². The number of anilines is 1. The van der Waals surface area contributed by atoms with Gasteiger partial charge >= 0.3 is 0 Å². The number of nitrogens with one attached hydrogen (secondary N) is 1. The van der Waals surface area contributed by atoms with Crippen LogP contribution in [0, 0.1) is 6.92 Å². The molecule has 4 nitrogen and oxygen atoms in total. The fourth-order valence-corrected chi connectivity index (χ4v) is 3.71. The predicted octanol–water partition coefficient (Wildman–Crippen LogP) is 2.17. The number of benzene rings is 1. The van der Waals surface area contributed by atoms with Crippen LogP contribution in [0.5, 0.6) is 0 Å². The molecular formula is C18H19N3O. The summed E-state index contributed by atoms with van der Waals surface area (Å²) in [6.45, 7) is 4.23. The molecule has 4 heteroatoms. The largest absolute Gasteiger partial charge is 0.315 e. The van der Waals surface area contributed by atoms with Crippen LogP contribution in [0.4, 0.5) is 5.69 Å². The summed E-state index contributed by atoms with van der Waals surface area (Å²) >= 11 is 0. The number of rotatable bonds is 2. The zero-order valence-corrected chi connectivity index (χ0v) is 12.7. The number of nitrogens with zero attached hydrogens (tertiary/aromatic N) is 2. The fourth-order valence-electron chi connectivity index (χ4n) is 3.71. The molecule has 112 valence electrons. The summed E-state index contributed by atoms with van der Waals surface area (Å²) in [7, 11) is 0. The van der Waals surface area contributed by atoms with Gasteiger partial charge < -0.3 is 10.2 Å². The Labute approximate surface area is 130 Å². The molecular weight excluding hydrogens is 274 g/mol. The first-order chi connectivity index (χ1) is 10.7. The van der Waals surface area contributed by atoms with Gasteiger partial charge in [-0.3, -0.25) is 9.78 Å². The minimum absolute atomic E-state index is 0.224. The number of hydrogen-bond donors (Lipinski definition) is 1. The van der Waals surface area contributed by atoms with Crippen molar-refractivity contribution in [3.05, 3.63) is 59.4 Å². The molecule has 2 aromatic rings. The van der Waals surface area contributed by atoms with Crippen LogP contribution in [-0.4, -0.2) is 24.0 Å². The van der Waals surface area contributed by atoms with E-state index < -0.39 is 0 Å². The zero-order valence-electron chi connectivity index (χ0n) is 12.7. The molecule has 4 rings (SSSR count). The maximum Gasteiger partial charge on any atom is 0.239 e. The van der Waals surface area contributed by atoms with E-state index in [4.69, 9.17) is 0 Å². The lowest BCUT2D eigenvalue weighted by Gasteiger charge is -2.23. The van der Waals surface area contributed by atoms with Gasteiger partial charge in [0.05, 0.1) is 12.0 Å². The second-order valence-corrected chi connectivity index (χ2v) is 6.17. The van der Waals surface area contributed by atoms with E-state index in [0.29, 0.717) is 6.54 Å². The molecule has 0 bridgehead atoms. The lowest BCUT2D eigenvalue weighted by atomic mass is 9.81. The zero-order chi connectivity index (χ0) is 15.2. The Balaban J connectivity index is 1.78. The van der Waals surface area contributed by atoms with Gasteiger partial charge in [-0.15, -0.1) is 0 Å². The van der Waals surface area contributed by atoms with Crippen molar-refractivity contribution in [2.24, 2.45) is 0 Å². The third kappa shape index (κ3) is 1.80. The molecule has 1 unspecified atom stereocenters. The van der Waals surface area contributed by atoms with Crippen molar-refractivity contribution in [3.8, 4) is 0 Å². The molecule has 0 aliphatic carbocycles. The van der Waals surface area contributed by atoms with Crippen LogP contribution in [0.15, 0.2) is 42.6 Å². The smallest absolute Gasteiger partial charge is 0.239 e. The number of aromatic nitrogens is 1. The first-order valence-electron chi connectivity index (χ1n) is 7.75. The highest BCUT2D eigenvalue weighted by Gasteiger charge is 2.52. The number of carbonyl (C=O) groups excluding carboxylic acids is 1. The number of para-hydroxylation sites is 1. The average Bonchev–Trinajstić information content (AvgIpc) is 3.11. The minimum atomic E-state index is -0.368. The van der Waals surface area contributed by atoms with Gasteiger partial charge in [0.1, 0.15) is 0 Å². The summed E-state index contributed by atoms with van der Waals surface area (Å²) in [6.07, 6.45) is 2.67. The maximum absolute atomic E-state index is 13.2. The van der Waals surface area contributed by atoms with Crippen LogP contribution < -0.4 is 10.2 Å². The summed E-state index contributed by atoms with van der Waals surface area (Å²) in [5.41, 5.74) is 3.95. The molecule has 1 spiro atoms. The maximum atomic E-state index is 13.2. The molecule has 0 saturated carbocycles. The van der Waals surface area contributed by atoms with Crippen LogP contribution >= 0.6 is 0 Å². The lowest BCUT2D eigenvalue weighted by molar-refractivity contribution is -0.122. The first kappa shape index (κ1) is 13.5. The molecule has 1 aromatic heterocycles. The normalized spacial score (nSPS) is 23.3. The molecule has 2 aliphatic heterocycles. The number of pyridine rings is 1. The Morgan fingerprint density at radius 2 is 2.14 bits per heavy atom. The van der Waals surface area contributed by atoms with Gasteiger partial charge in [0.15, 0.2) is 0 Å². The number of carbonyl (C=O) groups is 1. The third-order valence-electron chi connectivity index (χ3n) is 4.97. The van der Waals surface area contributed by atoms with Gasteiger partial charge in [0, 0.05) is 24.1 Å². The molecule has 0 radical (unpaired) electrons. The van der Waals surface area contributed by atoms with Crippen molar-refractivity contribution < 1.29 is 4.79 Å². The molecule has 22 heavy (non-hydrogen) atoms. The number of fused-ring (bicyclic) bond motifs is 2. The molecule has 1 aromatic carbocycles. The highest BCUT2D eigenvalue weighted by atomic mass is 16.2. The monoisotopic (exact) mass is 293 g/mol. The molecule has 1 fully saturated rings. The fraction of sp³-hybridized carbons (Fsp3) is 0.333. The van der Waals surface area contributed by atoms with Gasteiger partial charge in [-0.25, -0.2) is 0 Å². The third-order valence-corrected chi connectivity index (χ3v) is 4.97. The Bertz CT molecular complexity index is 735. The first-order valence-corrected chi connectivity index (χ1v) is 7.75. The number of aryl methyl sites for hydroxylation is 1. The van der Waals surface area contributed by atoms with E-state index in [2.05, 4.69) is 28.5 Å². The predicted molar refractivity (Wildman–Crippen MR) is 85.8 cm³/mol. The summed E-state index contributed by atoms with van der Waals surface area (Å²) in [6, 6.07) is 12.2. The minimum Gasteiger partial charge on any atom is -0.315 e. The van der Waals surface area contributed by atoms with Crippen molar-refractivity contribution >= 4 is 11.6 Å². The standard InChI is InChI=1S/C18H19N3O/c1-13-14(5-4-9-20-13)11-21-16-7-3-2-6-15(16)18(17(21)22)8-10-19-12-18/h2-7,9,19H,8,10-12H2,1H3. The van der Waals surface area contributed by atoms with E-state index in [1.807, 2.05) is 30.0 Å². The summed E-state index contributed by atoms with van der Waals surface area (Å²) in [5.74, 6) is 0.224. The van der Waals surface area contributed by atoms with Crippen LogP contribution in [0.25, 0.3) is 0 Å². The van der Waals surface area contributed by atoms with Gasteiger partial charge in [-0.05, 0) is 43.1 Å². The molecule has 2 aliphatic rings. The second-order valence-electron chi connectivity index (χ2n) is 6.17. The molecule has 1 amide bonds. The number of hydrogen-bond acceptors (Lipinski definition) is 3. The molecule has 3 heterocycles. The van der Waals surface area contributed by atoms with Crippen molar-refractivity contribution in [2.45, 2.75) is 25.3 Å². The van der Waals surface area contributed by atoms with E-state index in [0.717, 1.165) is 36.5 Å². The highest BCUT2D eigenvalue weighted by molar-refractivity contribution is 6.08. The van der Waals surface area contributed by atoms with Gasteiger partial charge in [0.2, 0.25) is 5.91 Å². The van der Waals surface area contributed by atoms with Crippen molar-refractivity contribution in [1.29, 1.82) is 0 Å². The highest BCUT2D eigenvalue weighted by Crippen LogP contribution is 2.45. The Morgan fingerprint density at radius 3 is 2.91 bits per heavy atom. The SMILES string of the molecule is Cc1ncccc1CN1C(=O)C2(CCNC2)c2ccccc21. The van der Waals surface area contributed by atoms with Crippen molar-refractivity contribution in [1.82, 2.24) is 10.3 Å². The van der Waals surface area contributed by atoms with E-state index in [1.165, 1.54) is 5.56 Å². The second kappa shape index (κ2) is 4.92. The average molecular weight is 293 g/mol. The summed E-state index contributed by atoms with van der Waals surface area (Å²) in [5, 5.41) is 3.36. The lowest BCUT2D eigenvalue weighted by Crippen LogP contribution is -2.41. The Kier molecular flexibility index (Phi) is 3.01. The summed E-state index contributed by atoms with van der Waals surface area (Å²) < 4.78 is 0. The Morgan fingerprint density at radius 1 is 1.27 bits per heavy atom. The van der Waals surface area contributed by atoms with E-state index in [1.54, 1.807) is 6.20 Å². The van der Waals surface area contributed by atoms with Crippen LogP contribution in [0.1, 0.15) is 23.2 Å². The van der Waals surface area contributed by atoms with Gasteiger partial charge in [-0.2, -0.15) is 0 Å². The quantitative estimate of drug-likeness (QED) is 0.923. The van der Waals surface area contributed by atoms with Crippen LogP contribution in [-0.2, 0) is 16.8 Å². The van der Waals surface area contributed by atoms with E-state index >= 15 is 0 Å². The van der Waals surface area contributed by atoms with Crippen molar-refractivity contribution in [2.75, 3.05) is 18.0 Å². The van der Waals surface area contributed by atoms with Crippen molar-refractivity contribution in [3.63, 3.8) is 0 Å². The van der Waals surface area contributed by atoms with Crippen LogP contribution in [0.2, 0.25) is 0 Å². The molecule has 1 atom stereocenters. The van der Waals surface area contributed by atoms with E-state index in [-0.39, 0.29) is 11.3 Å². The summed E-state index contributed by atoms with van der Waals surface area (Å²) in [4.78, 5) is 19.4. The molecule has 1 saturated heterocycles.